The molecule has 0 spiro atoms. The van der Waals surface area contributed by atoms with Crippen molar-refractivity contribution in [1.29, 1.82) is 0 Å². The van der Waals surface area contributed by atoms with Gasteiger partial charge in [0.25, 0.3) is 0 Å². The van der Waals surface area contributed by atoms with E-state index < -0.39 is 0 Å². The predicted octanol–water partition coefficient (Wildman–Crippen LogP) is 1.90. The van der Waals surface area contributed by atoms with Gasteiger partial charge in [0.05, 0.1) is 11.1 Å². The van der Waals surface area contributed by atoms with Crippen molar-refractivity contribution in [3.8, 4) is 0 Å². The van der Waals surface area contributed by atoms with Gasteiger partial charge in [-0.1, -0.05) is 0 Å². The van der Waals surface area contributed by atoms with E-state index in [4.69, 9.17) is 4.42 Å². The van der Waals surface area contributed by atoms with E-state index in [9.17, 15) is 9.59 Å². The third-order valence-corrected chi connectivity index (χ3v) is 2.72. The third-order valence-electron chi connectivity index (χ3n) is 1.94. The van der Waals surface area contributed by atoms with Crippen molar-refractivity contribution in [3.63, 3.8) is 0 Å². The van der Waals surface area contributed by atoms with E-state index in [1.807, 2.05) is 0 Å². The van der Waals surface area contributed by atoms with Crippen LogP contribution in [-0.4, -0.2) is 10.2 Å². The van der Waals surface area contributed by atoms with Crippen LogP contribution in [0.4, 0.5) is 0 Å². The summed E-state index contributed by atoms with van der Waals surface area (Å²) in [5.74, 6) is 0. The van der Waals surface area contributed by atoms with Gasteiger partial charge in [-0.05, 0) is 23.9 Å². The molecule has 0 unspecified atom stereocenters. The Balaban J connectivity index is 2.54. The molecule has 1 aliphatic heterocycles. The molecule has 1 aliphatic rings. The molecular formula is C8H2O3S. The number of furan rings is 2. The van der Waals surface area contributed by atoms with Crippen molar-refractivity contribution in [3.05, 3.63) is 23.3 Å². The van der Waals surface area contributed by atoms with Gasteiger partial charge in [-0.3, -0.25) is 9.59 Å². The Morgan fingerprint density at radius 1 is 1.00 bits per heavy atom. The number of rotatable bonds is 0. The highest BCUT2D eigenvalue weighted by molar-refractivity contribution is 8.27. The minimum Gasteiger partial charge on any atom is -0.456 e. The summed E-state index contributed by atoms with van der Waals surface area (Å²) in [5.41, 5.74) is 1.98. The molecule has 3 rings (SSSR count). The van der Waals surface area contributed by atoms with Crippen LogP contribution in [0.2, 0.25) is 0 Å². The van der Waals surface area contributed by atoms with E-state index in [1.54, 1.807) is 12.1 Å². The van der Waals surface area contributed by atoms with Crippen molar-refractivity contribution in [2.75, 3.05) is 0 Å². The Hall–Kier alpha value is -1.29. The highest BCUT2D eigenvalue weighted by Crippen LogP contribution is 2.39. The number of carbonyl (C=O) groups is 2. The van der Waals surface area contributed by atoms with Crippen LogP contribution in [-0.2, 0) is 0 Å². The van der Waals surface area contributed by atoms with Gasteiger partial charge in [0.2, 0.25) is 10.2 Å². The van der Waals surface area contributed by atoms with Crippen LogP contribution in [0.3, 0.4) is 0 Å². The first-order valence-electron chi connectivity index (χ1n) is 3.39. The van der Waals surface area contributed by atoms with Crippen LogP contribution < -0.4 is 0 Å². The van der Waals surface area contributed by atoms with Gasteiger partial charge in [-0.15, -0.1) is 0 Å². The van der Waals surface area contributed by atoms with Crippen molar-refractivity contribution in [2.45, 2.75) is 0 Å². The number of thioether (sulfide) groups is 1. The highest BCUT2D eigenvalue weighted by atomic mass is 32.2. The lowest BCUT2D eigenvalue weighted by atomic mass is 10.1. The number of hydrogen-bond donors (Lipinski definition) is 0. The number of hydrogen-bond acceptors (Lipinski definition) is 4. The molecule has 0 aromatic carbocycles. The molecule has 0 N–H and O–H groups in total. The molecule has 2 bridgehead atoms. The zero-order chi connectivity index (χ0) is 8.29. The van der Waals surface area contributed by atoms with Crippen LogP contribution in [0.1, 0.15) is 20.7 Å². The number of benzene rings is 1. The molecule has 58 valence electrons. The van der Waals surface area contributed by atoms with Crippen LogP contribution in [0, 0.1) is 0 Å². The third kappa shape index (κ3) is 0.515. The SMILES string of the molecule is O=C1SC(=O)c2c1c1ccc2o1. The molecule has 12 heavy (non-hydrogen) atoms. The van der Waals surface area contributed by atoms with E-state index >= 15 is 0 Å². The van der Waals surface area contributed by atoms with Crippen LogP contribution in [0.25, 0.3) is 11.2 Å². The molecule has 4 heteroatoms. The highest BCUT2D eigenvalue weighted by Gasteiger charge is 2.35. The van der Waals surface area contributed by atoms with E-state index in [-0.39, 0.29) is 10.2 Å². The van der Waals surface area contributed by atoms with Gasteiger partial charge in [-0.25, -0.2) is 0 Å². The van der Waals surface area contributed by atoms with Crippen LogP contribution in [0.15, 0.2) is 16.5 Å². The monoisotopic (exact) mass is 178 g/mol. The lowest BCUT2D eigenvalue weighted by Gasteiger charge is -1.82. The molecule has 0 atom stereocenters. The van der Waals surface area contributed by atoms with E-state index in [2.05, 4.69) is 0 Å². The summed E-state index contributed by atoms with van der Waals surface area (Å²) >= 11 is 0.746. The summed E-state index contributed by atoms with van der Waals surface area (Å²) in [6, 6.07) is 3.43. The second-order valence-electron chi connectivity index (χ2n) is 2.59. The molecule has 0 fully saturated rings. The van der Waals surface area contributed by atoms with E-state index in [1.165, 1.54) is 0 Å². The Kier molecular flexibility index (Phi) is 0.895. The minimum absolute atomic E-state index is 0.190. The fourth-order valence-corrected chi connectivity index (χ4v) is 2.22. The van der Waals surface area contributed by atoms with Crippen LogP contribution in [0.5, 0.6) is 0 Å². The smallest absolute Gasteiger partial charge is 0.231 e. The second-order valence-corrected chi connectivity index (χ2v) is 3.54. The Labute approximate surface area is 71.1 Å². The number of fused-ring (bicyclic) bond motifs is 5. The van der Waals surface area contributed by atoms with E-state index in [0.717, 1.165) is 11.8 Å². The summed E-state index contributed by atoms with van der Waals surface area (Å²) in [7, 11) is 0. The summed E-state index contributed by atoms with van der Waals surface area (Å²) in [4.78, 5) is 22.4. The van der Waals surface area contributed by atoms with Crippen molar-refractivity contribution >= 4 is 33.2 Å². The Bertz CT molecular complexity index is 454. The molecule has 0 radical (unpaired) electrons. The maximum Gasteiger partial charge on any atom is 0.231 e. The molecule has 2 aromatic heterocycles. The van der Waals surface area contributed by atoms with E-state index in [0.29, 0.717) is 22.3 Å². The van der Waals surface area contributed by atoms with Gasteiger partial charge in [0, 0.05) is 0 Å². The maximum absolute atomic E-state index is 11.2. The summed E-state index contributed by atoms with van der Waals surface area (Å²) in [6.45, 7) is 0. The van der Waals surface area contributed by atoms with Gasteiger partial charge in [-0.2, -0.15) is 0 Å². The normalized spacial score (nSPS) is 16.3. The topological polar surface area (TPSA) is 47.3 Å². The molecule has 3 heterocycles. The molecule has 0 saturated heterocycles. The molecule has 0 aliphatic carbocycles. The van der Waals surface area contributed by atoms with Crippen molar-refractivity contribution < 1.29 is 14.0 Å². The average molecular weight is 178 g/mol. The van der Waals surface area contributed by atoms with Gasteiger partial charge in [0.1, 0.15) is 11.2 Å². The second kappa shape index (κ2) is 1.72. The fourth-order valence-electron chi connectivity index (χ4n) is 1.44. The first-order valence-corrected chi connectivity index (χ1v) is 4.20. The largest absolute Gasteiger partial charge is 0.456 e. The van der Waals surface area contributed by atoms with Gasteiger partial charge in [0.15, 0.2) is 0 Å². The van der Waals surface area contributed by atoms with Crippen molar-refractivity contribution in [2.24, 2.45) is 0 Å². The lowest BCUT2D eigenvalue weighted by Crippen LogP contribution is -1.85. The first kappa shape index (κ1) is 6.25. The van der Waals surface area contributed by atoms with Gasteiger partial charge >= 0.3 is 0 Å². The van der Waals surface area contributed by atoms with Crippen molar-refractivity contribution in [1.82, 2.24) is 0 Å². The van der Waals surface area contributed by atoms with Gasteiger partial charge < -0.3 is 4.42 Å². The molecule has 3 nitrogen and oxygen atoms in total. The van der Waals surface area contributed by atoms with Crippen LogP contribution >= 0.6 is 11.8 Å². The average Bonchev–Trinajstić information content (AvgIpc) is 2.64. The molecule has 2 aromatic rings. The standard InChI is InChI=1S/C8H2O3S/c9-7-5-3-1-2-4(11-3)6(5)8(10)12-7/h1-2H. The fraction of sp³-hybridized carbons (Fsp3) is 0. The Morgan fingerprint density at radius 2 is 1.50 bits per heavy atom. The quantitative estimate of drug-likeness (QED) is 0.618. The zero-order valence-electron chi connectivity index (χ0n) is 5.79. The predicted molar refractivity (Wildman–Crippen MR) is 43.7 cm³/mol. The molecule has 0 amide bonds. The minimum atomic E-state index is -0.190. The molecule has 0 saturated carbocycles. The zero-order valence-corrected chi connectivity index (χ0v) is 6.60. The lowest BCUT2D eigenvalue weighted by molar-refractivity contribution is 0.108. The summed E-state index contributed by atoms with van der Waals surface area (Å²) < 4.78 is 5.17. The number of carbonyl (C=O) groups excluding carboxylic acids is 2. The molecular weight excluding hydrogens is 176 g/mol. The summed E-state index contributed by atoms with van der Waals surface area (Å²) in [6.07, 6.45) is 0. The Morgan fingerprint density at radius 3 is 2.00 bits per heavy atom. The maximum atomic E-state index is 11.2. The first-order chi connectivity index (χ1) is 5.77. The summed E-state index contributed by atoms with van der Waals surface area (Å²) in [5, 5.41) is -0.381.